The minimum Gasteiger partial charge on any atom is -0.381 e. The predicted molar refractivity (Wildman–Crippen MR) is 116 cm³/mol. The van der Waals surface area contributed by atoms with Crippen LogP contribution in [0.15, 0.2) is 29.3 Å². The van der Waals surface area contributed by atoms with Gasteiger partial charge in [-0.15, -0.1) is 24.0 Å². The molecule has 0 bridgehead atoms. The van der Waals surface area contributed by atoms with Crippen molar-refractivity contribution in [2.75, 3.05) is 26.3 Å². The first kappa shape index (κ1) is 21.4. The number of rotatable bonds is 5. The first-order chi connectivity index (χ1) is 12.3. The Morgan fingerprint density at radius 3 is 2.31 bits per heavy atom. The Bertz CT molecular complexity index is 536. The molecule has 0 atom stereocenters. The molecule has 0 spiro atoms. The Kier molecular flexibility index (Phi) is 9.71. The summed E-state index contributed by atoms with van der Waals surface area (Å²) in [6, 6.07) is 8.52. The largest absolute Gasteiger partial charge is 0.381 e. The highest BCUT2D eigenvalue weighted by Gasteiger charge is 2.14. The van der Waals surface area contributed by atoms with Gasteiger partial charge in [-0.3, -0.25) is 0 Å². The van der Waals surface area contributed by atoms with Gasteiger partial charge < -0.3 is 20.1 Å². The second-order valence-electron chi connectivity index (χ2n) is 7.01. The lowest BCUT2D eigenvalue weighted by Crippen LogP contribution is -2.38. The number of nitrogens with zero attached hydrogens (tertiary/aromatic N) is 2. The normalized spacial score (nSPS) is 19.7. The minimum absolute atomic E-state index is 0. The molecule has 0 radical (unpaired) electrons. The summed E-state index contributed by atoms with van der Waals surface area (Å²) in [4.78, 5) is 6.81. The first-order valence-electron chi connectivity index (χ1n) is 9.63. The molecule has 2 saturated heterocycles. The van der Waals surface area contributed by atoms with E-state index in [0.717, 1.165) is 39.1 Å². The van der Waals surface area contributed by atoms with Gasteiger partial charge in [-0.25, -0.2) is 4.99 Å². The Labute approximate surface area is 174 Å². The van der Waals surface area contributed by atoms with Crippen LogP contribution < -0.4 is 5.73 Å². The van der Waals surface area contributed by atoms with Gasteiger partial charge in [0.05, 0.1) is 19.3 Å². The lowest BCUT2D eigenvalue weighted by atomic mass is 10.1. The lowest BCUT2D eigenvalue weighted by Gasteiger charge is -2.22. The molecular formula is C20H32IN3O2. The quantitative estimate of drug-likeness (QED) is 0.403. The zero-order valence-corrected chi connectivity index (χ0v) is 17.9. The second kappa shape index (κ2) is 11.8. The van der Waals surface area contributed by atoms with E-state index >= 15 is 0 Å². The molecule has 2 heterocycles. The van der Waals surface area contributed by atoms with Crippen LogP contribution >= 0.6 is 24.0 Å². The molecule has 0 saturated carbocycles. The van der Waals surface area contributed by atoms with Crippen molar-refractivity contribution in [1.82, 2.24) is 4.90 Å². The van der Waals surface area contributed by atoms with E-state index in [1.165, 1.54) is 36.8 Å². The fourth-order valence-corrected chi connectivity index (χ4v) is 3.37. The number of aliphatic imine (C=N–C) groups is 1. The summed E-state index contributed by atoms with van der Waals surface area (Å²) in [7, 11) is 0. The summed E-state index contributed by atoms with van der Waals surface area (Å²) < 4.78 is 11.3. The topological polar surface area (TPSA) is 60.1 Å². The van der Waals surface area contributed by atoms with Crippen LogP contribution in [-0.2, 0) is 22.6 Å². The number of ether oxygens (including phenoxy) is 2. The van der Waals surface area contributed by atoms with Gasteiger partial charge in [-0.05, 0) is 36.8 Å². The van der Waals surface area contributed by atoms with Crippen LogP contribution in [0.4, 0.5) is 0 Å². The molecule has 1 aromatic rings. The Morgan fingerprint density at radius 1 is 1.04 bits per heavy atom. The van der Waals surface area contributed by atoms with Crippen LogP contribution in [0.3, 0.4) is 0 Å². The van der Waals surface area contributed by atoms with Crippen molar-refractivity contribution >= 4 is 29.9 Å². The predicted octanol–water partition coefficient (Wildman–Crippen LogP) is 3.69. The van der Waals surface area contributed by atoms with E-state index in [9.17, 15) is 0 Å². The number of hydrogen-bond acceptors (Lipinski definition) is 3. The van der Waals surface area contributed by atoms with E-state index in [1.807, 2.05) is 0 Å². The van der Waals surface area contributed by atoms with Crippen LogP contribution in [0.5, 0.6) is 0 Å². The number of guanidine groups is 1. The van der Waals surface area contributed by atoms with Gasteiger partial charge in [0.1, 0.15) is 0 Å². The van der Waals surface area contributed by atoms with Gasteiger partial charge in [0.25, 0.3) is 0 Å². The van der Waals surface area contributed by atoms with E-state index in [4.69, 9.17) is 15.2 Å². The van der Waals surface area contributed by atoms with E-state index in [-0.39, 0.29) is 24.0 Å². The number of benzene rings is 1. The Morgan fingerprint density at radius 2 is 1.65 bits per heavy atom. The smallest absolute Gasteiger partial charge is 0.191 e. The Balaban J connectivity index is 0.00000243. The third-order valence-electron chi connectivity index (χ3n) is 5.03. The molecule has 2 N–H and O–H groups in total. The van der Waals surface area contributed by atoms with Crippen LogP contribution in [-0.4, -0.2) is 43.3 Å². The summed E-state index contributed by atoms with van der Waals surface area (Å²) >= 11 is 0. The van der Waals surface area contributed by atoms with E-state index in [2.05, 4.69) is 34.2 Å². The molecule has 6 heteroatoms. The molecule has 0 unspecified atom stereocenters. The standard InChI is InChI=1S/C20H31N3O2.HI/c21-20(23-11-3-1-2-4-12-23)22-15-17-5-7-18(8-6-17)16-25-19-9-13-24-14-10-19;/h5-8,19H,1-4,9-16H2,(H2,21,22);1H. The second-order valence-corrected chi connectivity index (χ2v) is 7.01. The lowest BCUT2D eigenvalue weighted by molar-refractivity contribution is -0.0390. The summed E-state index contributed by atoms with van der Waals surface area (Å²) in [5, 5.41) is 0. The van der Waals surface area contributed by atoms with Crippen LogP contribution in [0.25, 0.3) is 0 Å². The third-order valence-corrected chi connectivity index (χ3v) is 5.03. The zero-order valence-electron chi connectivity index (χ0n) is 15.6. The maximum Gasteiger partial charge on any atom is 0.191 e. The molecule has 1 aromatic carbocycles. The van der Waals surface area contributed by atoms with Crippen molar-refractivity contribution in [2.45, 2.75) is 57.8 Å². The molecule has 146 valence electrons. The highest BCUT2D eigenvalue weighted by Crippen LogP contribution is 2.14. The molecule has 5 nitrogen and oxygen atoms in total. The van der Waals surface area contributed by atoms with E-state index in [1.54, 1.807) is 0 Å². The maximum absolute atomic E-state index is 6.17. The van der Waals surface area contributed by atoms with Crippen molar-refractivity contribution in [3.63, 3.8) is 0 Å². The fourth-order valence-electron chi connectivity index (χ4n) is 3.37. The average Bonchev–Trinajstić information content (AvgIpc) is 2.96. The maximum atomic E-state index is 6.17. The van der Waals surface area contributed by atoms with Crippen LogP contribution in [0.2, 0.25) is 0 Å². The van der Waals surface area contributed by atoms with Gasteiger partial charge in [0.15, 0.2) is 5.96 Å². The number of likely N-dealkylation sites (tertiary alicyclic amines) is 1. The van der Waals surface area contributed by atoms with Crippen molar-refractivity contribution in [2.24, 2.45) is 10.7 Å². The fraction of sp³-hybridized carbons (Fsp3) is 0.650. The highest BCUT2D eigenvalue weighted by molar-refractivity contribution is 14.0. The van der Waals surface area contributed by atoms with Crippen molar-refractivity contribution in [3.8, 4) is 0 Å². The highest BCUT2D eigenvalue weighted by atomic mass is 127. The monoisotopic (exact) mass is 473 g/mol. The molecule has 26 heavy (non-hydrogen) atoms. The molecular weight excluding hydrogens is 441 g/mol. The molecule has 2 fully saturated rings. The van der Waals surface area contributed by atoms with Crippen molar-refractivity contribution in [3.05, 3.63) is 35.4 Å². The zero-order chi connectivity index (χ0) is 17.3. The average molecular weight is 473 g/mol. The van der Waals surface area contributed by atoms with Gasteiger partial charge in [-0.1, -0.05) is 37.1 Å². The van der Waals surface area contributed by atoms with E-state index in [0.29, 0.717) is 25.2 Å². The SMILES string of the molecule is I.NC(=NCc1ccc(COC2CCOCC2)cc1)N1CCCCCC1. The molecule has 0 aromatic heterocycles. The minimum atomic E-state index is 0. The van der Waals surface area contributed by atoms with Gasteiger partial charge in [-0.2, -0.15) is 0 Å². The first-order valence-corrected chi connectivity index (χ1v) is 9.63. The van der Waals surface area contributed by atoms with Gasteiger partial charge >= 0.3 is 0 Å². The summed E-state index contributed by atoms with van der Waals surface area (Å²) in [6.45, 7) is 5.03. The number of nitrogens with two attached hydrogens (primary N) is 1. The van der Waals surface area contributed by atoms with Gasteiger partial charge in [0.2, 0.25) is 0 Å². The molecule has 2 aliphatic heterocycles. The van der Waals surface area contributed by atoms with Crippen LogP contribution in [0, 0.1) is 0 Å². The summed E-state index contributed by atoms with van der Waals surface area (Å²) in [5.74, 6) is 0.689. The van der Waals surface area contributed by atoms with Crippen molar-refractivity contribution in [1.29, 1.82) is 0 Å². The van der Waals surface area contributed by atoms with E-state index < -0.39 is 0 Å². The summed E-state index contributed by atoms with van der Waals surface area (Å²) in [5.41, 5.74) is 8.57. The van der Waals surface area contributed by atoms with Crippen LogP contribution in [0.1, 0.15) is 49.7 Å². The summed E-state index contributed by atoms with van der Waals surface area (Å²) in [6.07, 6.45) is 7.40. The molecule has 2 aliphatic rings. The third kappa shape index (κ3) is 7.04. The molecule has 3 rings (SSSR count). The van der Waals surface area contributed by atoms with Gasteiger partial charge in [0, 0.05) is 26.3 Å². The number of halogens is 1. The number of hydrogen-bond donors (Lipinski definition) is 1. The Hall–Kier alpha value is -0.860. The molecule has 0 amide bonds. The molecule has 0 aliphatic carbocycles. The van der Waals surface area contributed by atoms with Crippen molar-refractivity contribution < 1.29 is 9.47 Å².